The van der Waals surface area contributed by atoms with Gasteiger partial charge in [0.15, 0.2) is 0 Å². The third-order valence-corrected chi connectivity index (χ3v) is 6.34. The van der Waals surface area contributed by atoms with E-state index in [1.54, 1.807) is 39.1 Å². The molecule has 9 heteroatoms. The van der Waals surface area contributed by atoms with Gasteiger partial charge in [0.2, 0.25) is 5.82 Å². The molecular weight excluding hydrogens is 506 g/mol. The largest absolute Gasteiger partial charge is 0.489 e. The Balaban J connectivity index is 1.23. The Morgan fingerprint density at radius 2 is 1.85 bits per heavy atom. The van der Waals surface area contributed by atoms with Crippen LogP contribution in [0.4, 0.5) is 5.69 Å². The Hall–Kier alpha value is -4.94. The number of carbonyl (C=O) groups excluding carboxylic acids is 2. The van der Waals surface area contributed by atoms with Crippen LogP contribution in [-0.4, -0.2) is 57.4 Å². The zero-order chi connectivity index (χ0) is 28.3. The summed E-state index contributed by atoms with van der Waals surface area (Å²) in [6.45, 7) is 3.13. The second-order valence-electron chi connectivity index (χ2n) is 10.1. The van der Waals surface area contributed by atoms with Gasteiger partial charge in [0.25, 0.3) is 11.8 Å². The average molecular weight is 536 g/mol. The summed E-state index contributed by atoms with van der Waals surface area (Å²) in [6.07, 6.45) is 0.470. The van der Waals surface area contributed by atoms with Crippen molar-refractivity contribution < 1.29 is 19.4 Å². The van der Waals surface area contributed by atoms with Crippen molar-refractivity contribution in [3.8, 4) is 28.7 Å². The first kappa shape index (κ1) is 26.7. The molecule has 202 valence electrons. The molecule has 9 nitrogen and oxygen atoms in total. The Morgan fingerprint density at radius 1 is 1.12 bits per heavy atom. The number of hydrogen-bond donors (Lipinski definition) is 3. The maximum atomic E-state index is 13.2. The first-order valence-electron chi connectivity index (χ1n) is 12.8. The fraction of sp³-hybridized carbons (Fsp3) is 0.226. The molecule has 2 amide bonds. The standard InChI is InChI=1S/C31H29N5O4/c1-31(2,39)16-15-21-11-14-26-25(17-21)36(3)30(38)24(19-40-26)32-29(37)28-33-27(34-35-28)18-20-9-12-23(13-10-20)22-7-5-4-6-8-22/h4-14,17,24,39H,18-19H2,1-3H3,(H,32,37)(H,33,34,35)/t24-/m0/s1. The van der Waals surface area contributed by atoms with Gasteiger partial charge < -0.3 is 20.1 Å². The van der Waals surface area contributed by atoms with Crippen LogP contribution in [-0.2, 0) is 11.2 Å². The molecule has 4 aromatic rings. The van der Waals surface area contributed by atoms with Gasteiger partial charge in [-0.2, -0.15) is 0 Å². The molecule has 0 bridgehead atoms. The molecule has 40 heavy (non-hydrogen) atoms. The molecule has 3 N–H and O–H groups in total. The van der Waals surface area contributed by atoms with Crippen molar-refractivity contribution in [2.75, 3.05) is 18.6 Å². The van der Waals surface area contributed by atoms with Gasteiger partial charge in [0, 0.05) is 19.0 Å². The monoisotopic (exact) mass is 535 g/mol. The normalized spacial score (nSPS) is 14.8. The van der Waals surface area contributed by atoms with E-state index < -0.39 is 17.6 Å². The van der Waals surface area contributed by atoms with E-state index in [2.05, 4.69) is 44.5 Å². The van der Waals surface area contributed by atoms with E-state index in [1.807, 2.05) is 42.5 Å². The minimum absolute atomic E-state index is 0.0539. The van der Waals surface area contributed by atoms with Gasteiger partial charge in [-0.3, -0.25) is 14.7 Å². The van der Waals surface area contributed by atoms with Crippen LogP contribution < -0.4 is 15.0 Å². The number of aromatic amines is 1. The molecule has 0 spiro atoms. The number of fused-ring (bicyclic) bond motifs is 1. The highest BCUT2D eigenvalue weighted by Gasteiger charge is 2.31. The summed E-state index contributed by atoms with van der Waals surface area (Å²) in [4.78, 5) is 31.9. The van der Waals surface area contributed by atoms with Crippen molar-refractivity contribution in [1.82, 2.24) is 20.5 Å². The number of anilines is 1. The number of hydrogen-bond acceptors (Lipinski definition) is 6. The van der Waals surface area contributed by atoms with Crippen molar-refractivity contribution in [2.45, 2.75) is 31.9 Å². The SMILES string of the molecule is CN1C(=O)[C@@H](NC(=O)c2n[nH]c(Cc3ccc(-c4ccccc4)cc3)n2)COc2ccc(C#CC(C)(C)O)cc21. The highest BCUT2D eigenvalue weighted by molar-refractivity contribution is 6.02. The molecular formula is C31H29N5O4. The summed E-state index contributed by atoms with van der Waals surface area (Å²) in [5.41, 5.74) is 3.26. The van der Waals surface area contributed by atoms with Crippen molar-refractivity contribution in [2.24, 2.45) is 0 Å². The number of likely N-dealkylation sites (N-methyl/N-ethyl adjacent to an activating group) is 1. The zero-order valence-electron chi connectivity index (χ0n) is 22.4. The number of ether oxygens (including phenoxy) is 1. The molecule has 1 atom stereocenters. The molecule has 5 rings (SSSR count). The first-order valence-corrected chi connectivity index (χ1v) is 12.8. The van der Waals surface area contributed by atoms with Gasteiger partial charge in [0.05, 0.1) is 5.69 Å². The maximum Gasteiger partial charge on any atom is 0.291 e. The van der Waals surface area contributed by atoms with Gasteiger partial charge in [-0.25, -0.2) is 4.98 Å². The van der Waals surface area contributed by atoms with Crippen LogP contribution in [0.2, 0.25) is 0 Å². The van der Waals surface area contributed by atoms with E-state index in [0.717, 1.165) is 16.7 Å². The fourth-order valence-electron chi connectivity index (χ4n) is 4.24. The average Bonchev–Trinajstić information content (AvgIpc) is 3.38. The number of benzene rings is 3. The van der Waals surface area contributed by atoms with Gasteiger partial charge >= 0.3 is 0 Å². The molecule has 0 fully saturated rings. The summed E-state index contributed by atoms with van der Waals surface area (Å²) >= 11 is 0. The topological polar surface area (TPSA) is 120 Å². The number of nitrogens with one attached hydrogen (secondary N) is 2. The molecule has 0 saturated heterocycles. The van der Waals surface area contributed by atoms with Gasteiger partial charge in [-0.1, -0.05) is 66.4 Å². The zero-order valence-corrected chi connectivity index (χ0v) is 22.4. The molecule has 2 heterocycles. The second-order valence-corrected chi connectivity index (χ2v) is 10.1. The van der Waals surface area contributed by atoms with Crippen molar-refractivity contribution in [3.63, 3.8) is 0 Å². The van der Waals surface area contributed by atoms with Crippen LogP contribution in [0.3, 0.4) is 0 Å². The van der Waals surface area contributed by atoms with E-state index in [0.29, 0.717) is 29.2 Å². The van der Waals surface area contributed by atoms with Gasteiger partial charge in [-0.15, -0.1) is 5.10 Å². The minimum atomic E-state index is -1.15. The van der Waals surface area contributed by atoms with Crippen LogP contribution in [0.5, 0.6) is 5.75 Å². The lowest BCUT2D eigenvalue weighted by Crippen LogP contribution is -2.49. The number of H-pyrrole nitrogens is 1. The molecule has 0 unspecified atom stereocenters. The van der Waals surface area contributed by atoms with E-state index in [-0.39, 0.29) is 18.3 Å². The van der Waals surface area contributed by atoms with E-state index in [4.69, 9.17) is 4.74 Å². The number of rotatable bonds is 5. The second kappa shape index (κ2) is 11.0. The highest BCUT2D eigenvalue weighted by atomic mass is 16.5. The first-order chi connectivity index (χ1) is 19.2. The van der Waals surface area contributed by atoms with Gasteiger partial charge in [0.1, 0.15) is 29.8 Å². The molecule has 3 aromatic carbocycles. The Kier molecular flexibility index (Phi) is 7.36. The van der Waals surface area contributed by atoms with Crippen LogP contribution >= 0.6 is 0 Å². The lowest BCUT2D eigenvalue weighted by molar-refractivity contribution is -0.120. The molecule has 0 radical (unpaired) electrons. The van der Waals surface area contributed by atoms with E-state index in [1.165, 1.54) is 4.90 Å². The Morgan fingerprint density at radius 3 is 2.58 bits per heavy atom. The summed E-state index contributed by atoms with van der Waals surface area (Å²) in [5, 5.41) is 19.4. The predicted molar refractivity (Wildman–Crippen MR) is 151 cm³/mol. The maximum absolute atomic E-state index is 13.2. The molecule has 0 saturated carbocycles. The molecule has 1 aromatic heterocycles. The number of amides is 2. The molecule has 1 aliphatic heterocycles. The van der Waals surface area contributed by atoms with Crippen LogP contribution in [0, 0.1) is 11.8 Å². The van der Waals surface area contributed by atoms with Crippen molar-refractivity contribution in [1.29, 1.82) is 0 Å². The summed E-state index contributed by atoms with van der Waals surface area (Å²) < 4.78 is 5.84. The minimum Gasteiger partial charge on any atom is -0.489 e. The number of aromatic nitrogens is 3. The van der Waals surface area contributed by atoms with Gasteiger partial charge in [-0.05, 0) is 48.7 Å². The van der Waals surface area contributed by atoms with Crippen LogP contribution in [0.15, 0.2) is 72.8 Å². The van der Waals surface area contributed by atoms with Crippen LogP contribution in [0.1, 0.15) is 41.4 Å². The summed E-state index contributed by atoms with van der Waals surface area (Å²) in [7, 11) is 1.61. The van der Waals surface area contributed by atoms with Crippen molar-refractivity contribution >= 4 is 17.5 Å². The number of aliphatic hydroxyl groups is 1. The third-order valence-electron chi connectivity index (χ3n) is 6.34. The van der Waals surface area contributed by atoms with Crippen LogP contribution in [0.25, 0.3) is 11.1 Å². The highest BCUT2D eigenvalue weighted by Crippen LogP contribution is 2.31. The summed E-state index contributed by atoms with van der Waals surface area (Å²) in [5.74, 6) is 5.68. The molecule has 0 aliphatic carbocycles. The Bertz CT molecular complexity index is 1590. The quantitative estimate of drug-likeness (QED) is 0.337. The lowest BCUT2D eigenvalue weighted by atomic mass is 10.0. The number of carbonyl (C=O) groups is 2. The summed E-state index contributed by atoms with van der Waals surface area (Å²) in [6, 6.07) is 22.5. The molecule has 1 aliphatic rings. The predicted octanol–water partition coefficient (Wildman–Crippen LogP) is 3.34. The van der Waals surface area contributed by atoms with E-state index >= 15 is 0 Å². The third kappa shape index (κ3) is 6.20. The van der Waals surface area contributed by atoms with E-state index in [9.17, 15) is 14.7 Å². The lowest BCUT2D eigenvalue weighted by Gasteiger charge is -2.20. The van der Waals surface area contributed by atoms with Crippen molar-refractivity contribution in [3.05, 3.63) is 95.6 Å². The number of nitrogens with zero attached hydrogens (tertiary/aromatic N) is 3. The Labute approximate surface area is 232 Å². The fourth-order valence-corrected chi connectivity index (χ4v) is 4.24. The smallest absolute Gasteiger partial charge is 0.291 e.